The number of rotatable bonds is 1. The van der Waals surface area contributed by atoms with Crippen LogP contribution in [0, 0.1) is 11.8 Å². The first-order chi connectivity index (χ1) is 8.05. The second-order valence-electron chi connectivity index (χ2n) is 5.69. The van der Waals surface area contributed by atoms with Crippen LogP contribution < -0.4 is 5.32 Å². The Bertz CT molecular complexity index is 328. The molecule has 0 aromatic heterocycles. The van der Waals surface area contributed by atoms with Crippen LogP contribution in [0.25, 0.3) is 0 Å². The van der Waals surface area contributed by atoms with Crippen molar-refractivity contribution in [1.82, 2.24) is 10.2 Å². The molecule has 6 heteroatoms. The zero-order valence-electron chi connectivity index (χ0n) is 10.2. The van der Waals surface area contributed by atoms with Crippen LogP contribution in [0.3, 0.4) is 0 Å². The number of hydrogen-bond donors (Lipinski definition) is 1. The molecule has 1 N–H and O–H groups in total. The Hall–Kier alpha value is -0.420. The largest absolute Gasteiger partial charge is 0.341 e. The van der Waals surface area contributed by atoms with Crippen molar-refractivity contribution in [2.24, 2.45) is 11.8 Å². The van der Waals surface area contributed by atoms with Gasteiger partial charge in [0.05, 0.1) is 12.6 Å². The van der Waals surface area contributed by atoms with Crippen molar-refractivity contribution in [2.45, 2.75) is 37.6 Å². The highest BCUT2D eigenvalue weighted by atomic mass is 35.5. The van der Waals surface area contributed by atoms with Crippen LogP contribution in [0.1, 0.15) is 25.7 Å². The number of nitrogens with one attached hydrogen (secondary N) is 1. The Morgan fingerprint density at radius 3 is 2.33 bits per heavy atom. The molecule has 3 atom stereocenters. The maximum atomic E-state index is 13.0. The van der Waals surface area contributed by atoms with Gasteiger partial charge in [-0.2, -0.15) is 0 Å². The molecule has 2 heterocycles. The third-order valence-electron chi connectivity index (χ3n) is 4.45. The van der Waals surface area contributed by atoms with E-state index in [-0.39, 0.29) is 31.3 Å². The van der Waals surface area contributed by atoms with E-state index in [0.717, 1.165) is 13.1 Å². The topological polar surface area (TPSA) is 32.3 Å². The summed E-state index contributed by atoms with van der Waals surface area (Å²) in [4.78, 5) is 13.9. The standard InChI is InChI=1S/C12H18F2N2O.ClH/c13-12(14)4-10(15-7-12)11(17)16-5-8-2-1-3-9(8)6-16;/h8-10,15H,1-7H2;1H. The molecule has 3 fully saturated rings. The Labute approximate surface area is 112 Å². The molecular weight excluding hydrogens is 262 g/mol. The highest BCUT2D eigenvalue weighted by Crippen LogP contribution is 2.38. The molecule has 3 aliphatic rings. The van der Waals surface area contributed by atoms with E-state index in [1.165, 1.54) is 19.3 Å². The van der Waals surface area contributed by atoms with Crippen molar-refractivity contribution in [3.8, 4) is 0 Å². The van der Waals surface area contributed by atoms with E-state index < -0.39 is 12.0 Å². The molecule has 18 heavy (non-hydrogen) atoms. The monoisotopic (exact) mass is 280 g/mol. The number of carbonyl (C=O) groups is 1. The molecule has 3 unspecified atom stereocenters. The van der Waals surface area contributed by atoms with Crippen molar-refractivity contribution >= 4 is 18.3 Å². The number of likely N-dealkylation sites (tertiary alicyclic amines) is 1. The predicted octanol–water partition coefficient (Wildman–Crippen LogP) is 1.66. The van der Waals surface area contributed by atoms with Gasteiger partial charge in [-0.05, 0) is 24.7 Å². The number of amides is 1. The fraction of sp³-hybridized carbons (Fsp3) is 0.917. The normalized spacial score (nSPS) is 37.4. The summed E-state index contributed by atoms with van der Waals surface area (Å²) in [6, 6.07) is -0.663. The lowest BCUT2D eigenvalue weighted by molar-refractivity contribution is -0.133. The van der Waals surface area contributed by atoms with Crippen LogP contribution in [-0.4, -0.2) is 42.4 Å². The number of hydrogen-bond acceptors (Lipinski definition) is 2. The molecule has 1 amide bonds. The second-order valence-corrected chi connectivity index (χ2v) is 5.69. The molecule has 0 bridgehead atoms. The minimum absolute atomic E-state index is 0. The average Bonchev–Trinajstić information content (AvgIpc) is 2.89. The van der Waals surface area contributed by atoms with Crippen molar-refractivity contribution in [3.05, 3.63) is 0 Å². The quantitative estimate of drug-likeness (QED) is 0.792. The van der Waals surface area contributed by atoms with Crippen molar-refractivity contribution in [1.29, 1.82) is 0 Å². The lowest BCUT2D eigenvalue weighted by atomic mass is 10.0. The van der Waals surface area contributed by atoms with Crippen LogP contribution >= 0.6 is 12.4 Å². The summed E-state index contributed by atoms with van der Waals surface area (Å²) in [5, 5.41) is 2.65. The van der Waals surface area contributed by atoms with Crippen LogP contribution in [0.15, 0.2) is 0 Å². The first-order valence-electron chi connectivity index (χ1n) is 6.45. The fourth-order valence-corrected chi connectivity index (χ4v) is 3.53. The molecule has 1 aliphatic carbocycles. The van der Waals surface area contributed by atoms with Crippen LogP contribution in [0.2, 0.25) is 0 Å². The summed E-state index contributed by atoms with van der Waals surface area (Å²) in [6.45, 7) is 1.21. The zero-order valence-corrected chi connectivity index (χ0v) is 11.0. The van der Waals surface area contributed by atoms with Gasteiger partial charge in [-0.15, -0.1) is 12.4 Å². The first-order valence-corrected chi connectivity index (χ1v) is 6.45. The molecule has 2 aliphatic heterocycles. The number of fused-ring (bicyclic) bond motifs is 1. The van der Waals surface area contributed by atoms with E-state index in [1.807, 2.05) is 0 Å². The van der Waals surface area contributed by atoms with Crippen molar-refractivity contribution < 1.29 is 13.6 Å². The van der Waals surface area contributed by atoms with Gasteiger partial charge < -0.3 is 4.90 Å². The molecule has 3 nitrogen and oxygen atoms in total. The highest BCUT2D eigenvalue weighted by molar-refractivity contribution is 5.85. The molecule has 1 saturated carbocycles. The van der Waals surface area contributed by atoms with Crippen LogP contribution in [0.5, 0.6) is 0 Å². The molecule has 2 saturated heterocycles. The van der Waals surface area contributed by atoms with Gasteiger partial charge in [-0.25, -0.2) is 8.78 Å². The SMILES string of the molecule is Cl.O=C(C1CC(F)(F)CN1)N1CC2CCCC2C1. The molecule has 3 rings (SSSR count). The van der Waals surface area contributed by atoms with Crippen LogP contribution in [-0.2, 0) is 4.79 Å². The summed E-state index contributed by atoms with van der Waals surface area (Å²) in [5.74, 6) is -1.58. The van der Waals surface area contributed by atoms with E-state index >= 15 is 0 Å². The number of halogens is 3. The minimum atomic E-state index is -2.71. The third kappa shape index (κ3) is 2.48. The number of nitrogens with zero attached hydrogens (tertiary/aromatic N) is 1. The van der Waals surface area contributed by atoms with Crippen molar-refractivity contribution in [2.75, 3.05) is 19.6 Å². The maximum Gasteiger partial charge on any atom is 0.262 e. The number of alkyl halides is 2. The third-order valence-corrected chi connectivity index (χ3v) is 4.45. The van der Waals surface area contributed by atoms with E-state index in [9.17, 15) is 13.6 Å². The average molecular weight is 281 g/mol. The fourth-order valence-electron chi connectivity index (χ4n) is 3.53. The van der Waals surface area contributed by atoms with E-state index in [0.29, 0.717) is 11.8 Å². The number of carbonyl (C=O) groups excluding carboxylic acids is 1. The van der Waals surface area contributed by atoms with Gasteiger partial charge in [0.25, 0.3) is 5.92 Å². The molecule has 0 radical (unpaired) electrons. The minimum Gasteiger partial charge on any atom is -0.341 e. The van der Waals surface area contributed by atoms with Crippen LogP contribution in [0.4, 0.5) is 8.78 Å². The van der Waals surface area contributed by atoms with E-state index in [4.69, 9.17) is 0 Å². The molecule has 0 aromatic carbocycles. The zero-order chi connectivity index (χ0) is 12.0. The highest BCUT2D eigenvalue weighted by Gasteiger charge is 2.46. The van der Waals surface area contributed by atoms with Gasteiger partial charge in [0.2, 0.25) is 5.91 Å². The Morgan fingerprint density at radius 1 is 1.22 bits per heavy atom. The smallest absolute Gasteiger partial charge is 0.262 e. The summed E-state index contributed by atoms with van der Waals surface area (Å²) in [6.07, 6.45) is 3.32. The van der Waals surface area contributed by atoms with Gasteiger partial charge in [0.1, 0.15) is 0 Å². The van der Waals surface area contributed by atoms with E-state index in [2.05, 4.69) is 5.32 Å². The molecule has 0 spiro atoms. The van der Waals surface area contributed by atoms with Gasteiger partial charge in [-0.1, -0.05) is 6.42 Å². The maximum absolute atomic E-state index is 13.0. The lowest BCUT2D eigenvalue weighted by Crippen LogP contribution is -2.42. The Kier molecular flexibility index (Phi) is 3.83. The molecule has 0 aromatic rings. The van der Waals surface area contributed by atoms with Crippen molar-refractivity contribution in [3.63, 3.8) is 0 Å². The first kappa shape index (κ1) is 14.0. The molecular formula is C12H19ClF2N2O. The second kappa shape index (κ2) is 4.93. The Morgan fingerprint density at radius 2 is 1.83 bits per heavy atom. The lowest BCUT2D eigenvalue weighted by Gasteiger charge is -2.21. The summed E-state index contributed by atoms with van der Waals surface area (Å²) in [7, 11) is 0. The van der Waals surface area contributed by atoms with Gasteiger partial charge in [0, 0.05) is 19.5 Å². The van der Waals surface area contributed by atoms with Gasteiger partial charge in [0.15, 0.2) is 0 Å². The predicted molar refractivity (Wildman–Crippen MR) is 66.0 cm³/mol. The summed E-state index contributed by atoms with van der Waals surface area (Å²) < 4.78 is 26.1. The summed E-state index contributed by atoms with van der Waals surface area (Å²) in [5.41, 5.74) is 0. The summed E-state index contributed by atoms with van der Waals surface area (Å²) >= 11 is 0. The van der Waals surface area contributed by atoms with E-state index in [1.54, 1.807) is 4.90 Å². The van der Waals surface area contributed by atoms with Gasteiger partial charge >= 0.3 is 0 Å². The Balaban J connectivity index is 0.00000120. The molecule has 104 valence electrons. The van der Waals surface area contributed by atoms with Gasteiger partial charge in [-0.3, -0.25) is 10.1 Å².